The minimum Gasteiger partial charge on any atom is -0.351 e. The smallest absolute Gasteiger partial charge is 0.208 e. The van der Waals surface area contributed by atoms with Gasteiger partial charge in [0.2, 0.25) is 5.95 Å². The summed E-state index contributed by atoms with van der Waals surface area (Å²) < 4.78 is 2.06. The summed E-state index contributed by atoms with van der Waals surface area (Å²) in [6, 6.07) is 18.0. The number of nitrogens with zero attached hydrogens (tertiary/aromatic N) is 2. The number of nitrogens with one attached hydrogen (secondary N) is 1. The summed E-state index contributed by atoms with van der Waals surface area (Å²) >= 11 is 5.90. The number of aryl methyl sites for hydroxylation is 1. The molecule has 0 spiro atoms. The van der Waals surface area contributed by atoms with E-state index in [4.69, 9.17) is 11.6 Å². The molecule has 1 aromatic heterocycles. The Hall–Kier alpha value is -2.26. The molecule has 0 amide bonds. The maximum atomic E-state index is 5.90. The van der Waals surface area contributed by atoms with Crippen molar-refractivity contribution >= 4 is 17.5 Å². The van der Waals surface area contributed by atoms with Crippen LogP contribution >= 0.6 is 11.6 Å². The van der Waals surface area contributed by atoms with E-state index in [9.17, 15) is 0 Å². The number of rotatable bonds is 4. The maximum absolute atomic E-state index is 5.90. The fourth-order valence-corrected chi connectivity index (χ4v) is 2.32. The molecular formula is C17H16ClN3. The molecule has 3 nitrogen and oxygen atoms in total. The average molecular weight is 298 g/mol. The van der Waals surface area contributed by atoms with Crippen LogP contribution in [0.25, 0.3) is 5.69 Å². The number of hydrogen-bond donors (Lipinski definition) is 1. The van der Waals surface area contributed by atoms with Gasteiger partial charge in [-0.3, -0.25) is 4.57 Å². The lowest BCUT2D eigenvalue weighted by Gasteiger charge is -2.09. The molecule has 0 saturated heterocycles. The molecule has 0 bridgehead atoms. The van der Waals surface area contributed by atoms with Crippen LogP contribution in [0.15, 0.2) is 60.8 Å². The van der Waals surface area contributed by atoms with Gasteiger partial charge in [-0.2, -0.15) is 0 Å². The first-order valence-corrected chi connectivity index (χ1v) is 7.20. The average Bonchev–Trinajstić information content (AvgIpc) is 2.89. The number of hydrogen-bond acceptors (Lipinski definition) is 2. The number of para-hydroxylation sites is 1. The predicted molar refractivity (Wildman–Crippen MR) is 87.1 cm³/mol. The monoisotopic (exact) mass is 297 g/mol. The lowest BCUT2D eigenvalue weighted by molar-refractivity contribution is 1.00. The molecule has 0 fully saturated rings. The first-order valence-electron chi connectivity index (χ1n) is 6.82. The van der Waals surface area contributed by atoms with Crippen LogP contribution in [0.5, 0.6) is 0 Å². The highest BCUT2D eigenvalue weighted by atomic mass is 35.5. The quantitative estimate of drug-likeness (QED) is 0.771. The van der Waals surface area contributed by atoms with Crippen molar-refractivity contribution in [3.05, 3.63) is 77.1 Å². The van der Waals surface area contributed by atoms with Crippen LogP contribution in [0.3, 0.4) is 0 Å². The van der Waals surface area contributed by atoms with Crippen molar-refractivity contribution < 1.29 is 0 Å². The zero-order chi connectivity index (χ0) is 14.7. The maximum Gasteiger partial charge on any atom is 0.208 e. The molecule has 0 unspecified atom stereocenters. The van der Waals surface area contributed by atoms with E-state index in [1.165, 1.54) is 5.56 Å². The van der Waals surface area contributed by atoms with Crippen molar-refractivity contribution in [3.8, 4) is 5.69 Å². The Bertz CT molecular complexity index is 718. The molecule has 2 aromatic carbocycles. The van der Waals surface area contributed by atoms with Gasteiger partial charge >= 0.3 is 0 Å². The Labute approximate surface area is 129 Å². The first-order chi connectivity index (χ1) is 10.2. The van der Waals surface area contributed by atoms with Gasteiger partial charge in [-0.15, -0.1) is 0 Å². The third kappa shape index (κ3) is 3.26. The van der Waals surface area contributed by atoms with Crippen LogP contribution in [0.4, 0.5) is 5.95 Å². The zero-order valence-corrected chi connectivity index (χ0v) is 12.5. The van der Waals surface area contributed by atoms with Crippen molar-refractivity contribution in [1.29, 1.82) is 0 Å². The molecule has 1 N–H and O–H groups in total. The van der Waals surface area contributed by atoms with Gasteiger partial charge in [-0.1, -0.05) is 41.9 Å². The molecule has 3 aromatic rings. The predicted octanol–water partition coefficient (Wildman–Crippen LogP) is 4.45. The van der Waals surface area contributed by atoms with Crippen LogP contribution in [-0.2, 0) is 6.54 Å². The number of halogens is 1. The fourth-order valence-electron chi connectivity index (χ4n) is 2.19. The molecule has 0 radical (unpaired) electrons. The minimum absolute atomic E-state index is 0.709. The second-order valence-electron chi connectivity index (χ2n) is 4.89. The summed E-state index contributed by atoms with van der Waals surface area (Å²) in [5, 5.41) is 4.13. The van der Waals surface area contributed by atoms with Crippen molar-refractivity contribution in [2.24, 2.45) is 0 Å². The summed E-state index contributed by atoms with van der Waals surface area (Å²) in [5.41, 5.74) is 3.24. The van der Waals surface area contributed by atoms with Crippen LogP contribution in [0.2, 0.25) is 5.02 Å². The molecule has 0 saturated carbocycles. The molecule has 21 heavy (non-hydrogen) atoms. The molecule has 0 aliphatic carbocycles. The van der Waals surface area contributed by atoms with E-state index in [-0.39, 0.29) is 0 Å². The zero-order valence-electron chi connectivity index (χ0n) is 11.8. The molecule has 1 heterocycles. The van der Waals surface area contributed by atoms with E-state index in [2.05, 4.69) is 27.0 Å². The second kappa shape index (κ2) is 6.02. The summed E-state index contributed by atoms with van der Waals surface area (Å²) in [7, 11) is 0. The normalized spacial score (nSPS) is 10.6. The molecule has 0 aliphatic rings. The van der Waals surface area contributed by atoms with Crippen LogP contribution in [0, 0.1) is 6.92 Å². The number of anilines is 1. The number of imidazole rings is 1. The molecule has 0 aliphatic heterocycles. The fraction of sp³-hybridized carbons (Fsp3) is 0.118. The van der Waals surface area contributed by atoms with Gasteiger partial charge in [0.05, 0.1) is 5.69 Å². The summed E-state index contributed by atoms with van der Waals surface area (Å²) in [6.45, 7) is 2.70. The summed E-state index contributed by atoms with van der Waals surface area (Å²) in [6.07, 6.45) is 2.03. The van der Waals surface area contributed by atoms with Gasteiger partial charge in [-0.05, 0) is 36.8 Å². The summed E-state index contributed by atoms with van der Waals surface area (Å²) in [5.74, 6) is 0.841. The number of aromatic nitrogens is 2. The third-order valence-electron chi connectivity index (χ3n) is 3.22. The largest absolute Gasteiger partial charge is 0.351 e. The lowest BCUT2D eigenvalue weighted by Crippen LogP contribution is -2.05. The first kappa shape index (κ1) is 13.7. The second-order valence-corrected chi connectivity index (χ2v) is 5.33. The van der Waals surface area contributed by atoms with E-state index in [0.717, 1.165) is 22.4 Å². The molecule has 4 heteroatoms. The molecular weight excluding hydrogens is 282 g/mol. The van der Waals surface area contributed by atoms with Crippen molar-refractivity contribution in [2.75, 3.05) is 5.32 Å². The Morgan fingerprint density at radius 3 is 2.48 bits per heavy atom. The van der Waals surface area contributed by atoms with Gasteiger partial charge in [0.25, 0.3) is 0 Å². The van der Waals surface area contributed by atoms with Crippen molar-refractivity contribution in [2.45, 2.75) is 13.5 Å². The van der Waals surface area contributed by atoms with E-state index in [1.54, 1.807) is 0 Å². The standard InChI is InChI=1S/C17H16ClN3/c1-13-12-21(16-5-3-2-4-6-16)17(20-13)19-11-14-7-9-15(18)10-8-14/h2-10,12H,11H2,1H3,(H,19,20). The van der Waals surface area contributed by atoms with E-state index < -0.39 is 0 Å². The molecule has 3 rings (SSSR count). The Balaban J connectivity index is 1.81. The Kier molecular flexibility index (Phi) is 3.93. The molecule has 0 atom stereocenters. The topological polar surface area (TPSA) is 29.9 Å². The Morgan fingerprint density at radius 1 is 1.05 bits per heavy atom. The lowest BCUT2D eigenvalue weighted by atomic mass is 10.2. The SMILES string of the molecule is Cc1cn(-c2ccccc2)c(NCc2ccc(Cl)cc2)n1. The molecule has 106 valence electrons. The van der Waals surface area contributed by atoms with E-state index in [1.807, 2.05) is 55.6 Å². The van der Waals surface area contributed by atoms with E-state index >= 15 is 0 Å². The summed E-state index contributed by atoms with van der Waals surface area (Å²) in [4.78, 5) is 4.55. The van der Waals surface area contributed by atoms with Gasteiger partial charge in [0, 0.05) is 23.5 Å². The van der Waals surface area contributed by atoms with Gasteiger partial charge in [0.1, 0.15) is 0 Å². The number of benzene rings is 2. The van der Waals surface area contributed by atoms with Crippen molar-refractivity contribution in [3.63, 3.8) is 0 Å². The highest BCUT2D eigenvalue weighted by Gasteiger charge is 2.06. The Morgan fingerprint density at radius 2 is 1.76 bits per heavy atom. The van der Waals surface area contributed by atoms with Crippen LogP contribution < -0.4 is 5.32 Å². The minimum atomic E-state index is 0.709. The van der Waals surface area contributed by atoms with Crippen LogP contribution in [-0.4, -0.2) is 9.55 Å². The highest BCUT2D eigenvalue weighted by molar-refractivity contribution is 6.30. The third-order valence-corrected chi connectivity index (χ3v) is 3.48. The van der Waals surface area contributed by atoms with Crippen molar-refractivity contribution in [1.82, 2.24) is 9.55 Å². The van der Waals surface area contributed by atoms with E-state index in [0.29, 0.717) is 6.54 Å². The van der Waals surface area contributed by atoms with Gasteiger partial charge in [0.15, 0.2) is 0 Å². The van der Waals surface area contributed by atoms with Crippen LogP contribution in [0.1, 0.15) is 11.3 Å². The highest BCUT2D eigenvalue weighted by Crippen LogP contribution is 2.17. The van der Waals surface area contributed by atoms with Gasteiger partial charge < -0.3 is 5.32 Å². The van der Waals surface area contributed by atoms with Gasteiger partial charge in [-0.25, -0.2) is 4.98 Å².